The quantitative estimate of drug-likeness (QED) is 0.263. The first-order valence-electron chi connectivity index (χ1n) is 9.58. The molecular weight excluding hydrogens is 354 g/mol. The van der Waals surface area contributed by atoms with Gasteiger partial charge in [0.15, 0.2) is 5.96 Å². The van der Waals surface area contributed by atoms with E-state index in [1.165, 1.54) is 0 Å². The summed E-state index contributed by atoms with van der Waals surface area (Å²) in [4.78, 5) is 18.1. The van der Waals surface area contributed by atoms with Crippen LogP contribution in [0.25, 0.3) is 0 Å². The van der Waals surface area contributed by atoms with Crippen molar-refractivity contribution in [3.63, 3.8) is 0 Å². The van der Waals surface area contributed by atoms with Crippen LogP contribution in [0, 0.1) is 5.92 Å². The number of amides is 2. The molecule has 2 aliphatic rings. The van der Waals surface area contributed by atoms with Gasteiger partial charge in [0.2, 0.25) is 0 Å². The number of aliphatic imine (C=N–C) groups is 1. The summed E-state index contributed by atoms with van der Waals surface area (Å²) in [5.41, 5.74) is 14.8. The van der Waals surface area contributed by atoms with Crippen LogP contribution in [0.2, 0.25) is 0 Å². The molecule has 0 saturated carbocycles. The fourth-order valence-electron chi connectivity index (χ4n) is 3.13. The number of carbonyl (C=O) groups excluding carboxylic acids is 1. The fourth-order valence-corrected chi connectivity index (χ4v) is 3.13. The van der Waals surface area contributed by atoms with Crippen molar-refractivity contribution in [2.75, 3.05) is 18.0 Å². The van der Waals surface area contributed by atoms with Gasteiger partial charge in [-0.05, 0) is 42.7 Å². The minimum absolute atomic E-state index is 0.128. The zero-order chi connectivity index (χ0) is 20.1. The van der Waals surface area contributed by atoms with Crippen LogP contribution in [-0.2, 0) is 6.54 Å². The van der Waals surface area contributed by atoms with Gasteiger partial charge in [-0.2, -0.15) is 0 Å². The summed E-state index contributed by atoms with van der Waals surface area (Å²) >= 11 is 0. The van der Waals surface area contributed by atoms with E-state index in [2.05, 4.69) is 40.9 Å². The van der Waals surface area contributed by atoms with Crippen molar-refractivity contribution in [2.24, 2.45) is 22.4 Å². The van der Waals surface area contributed by atoms with Crippen molar-refractivity contribution in [3.05, 3.63) is 53.4 Å². The highest BCUT2D eigenvalue weighted by Crippen LogP contribution is 2.26. The lowest BCUT2D eigenvalue weighted by molar-refractivity contribution is 0.243. The molecule has 2 aliphatic heterocycles. The maximum absolute atomic E-state index is 12.5. The van der Waals surface area contributed by atoms with E-state index >= 15 is 0 Å². The second-order valence-corrected chi connectivity index (χ2v) is 7.28. The molecule has 8 heteroatoms. The molecule has 2 amide bonds. The second-order valence-electron chi connectivity index (χ2n) is 7.28. The summed E-state index contributed by atoms with van der Waals surface area (Å²) in [5.74, 6) is 0.519. The predicted octanol–water partition coefficient (Wildman–Crippen LogP) is 1.32. The molecule has 1 atom stereocenters. The third kappa shape index (κ3) is 4.83. The Hall–Kier alpha value is -3.00. The van der Waals surface area contributed by atoms with Crippen LogP contribution in [0.15, 0.2) is 52.8 Å². The van der Waals surface area contributed by atoms with Gasteiger partial charge in [-0.15, -0.1) is 0 Å². The van der Waals surface area contributed by atoms with Crippen molar-refractivity contribution in [1.29, 1.82) is 0 Å². The molecule has 0 aromatic heterocycles. The normalized spacial score (nSPS) is 18.2. The van der Waals surface area contributed by atoms with Crippen molar-refractivity contribution >= 4 is 17.7 Å². The van der Waals surface area contributed by atoms with Gasteiger partial charge in [-0.1, -0.05) is 26.0 Å². The summed E-state index contributed by atoms with van der Waals surface area (Å²) in [6.45, 7) is 6.46. The monoisotopic (exact) mass is 383 g/mol. The number of urea groups is 1. The van der Waals surface area contributed by atoms with E-state index in [1.807, 2.05) is 30.5 Å². The van der Waals surface area contributed by atoms with Crippen LogP contribution < -0.4 is 32.3 Å². The average Bonchev–Trinajstić information content (AvgIpc) is 3.07. The van der Waals surface area contributed by atoms with Gasteiger partial charge in [-0.25, -0.2) is 4.79 Å². The standard InChI is InChI=1S/C20H29N7O/c1-13(2)17-10-15-12-27(20(28)26-18(15)25-17)16-6-4-14(5-7-16)11-23-8-3-9-24-19(21)22/h4-7,10,12-13,18,23,25H,3,8-9,11H2,1-2H3,(H,26,28)(H4,21,22,24). The Morgan fingerprint density at radius 2 is 2.00 bits per heavy atom. The molecule has 28 heavy (non-hydrogen) atoms. The first-order chi connectivity index (χ1) is 13.4. The molecule has 7 N–H and O–H groups in total. The number of rotatable bonds is 8. The molecular formula is C20H29N7O. The average molecular weight is 384 g/mol. The number of carbonyl (C=O) groups is 1. The molecule has 0 bridgehead atoms. The highest BCUT2D eigenvalue weighted by molar-refractivity contribution is 5.96. The number of nitrogens with zero attached hydrogens (tertiary/aromatic N) is 2. The summed E-state index contributed by atoms with van der Waals surface area (Å²) in [6, 6.07) is 7.84. The number of guanidine groups is 1. The van der Waals surface area contributed by atoms with Crippen LogP contribution in [0.5, 0.6) is 0 Å². The molecule has 1 unspecified atom stereocenters. The molecule has 0 spiro atoms. The van der Waals surface area contributed by atoms with Gasteiger partial charge in [0.1, 0.15) is 6.17 Å². The van der Waals surface area contributed by atoms with Crippen LogP contribution in [0.1, 0.15) is 25.8 Å². The van der Waals surface area contributed by atoms with Gasteiger partial charge < -0.3 is 27.4 Å². The maximum atomic E-state index is 12.5. The van der Waals surface area contributed by atoms with Crippen LogP contribution in [0.4, 0.5) is 10.5 Å². The van der Waals surface area contributed by atoms with Crippen molar-refractivity contribution in [1.82, 2.24) is 16.0 Å². The van der Waals surface area contributed by atoms with Crippen LogP contribution in [0.3, 0.4) is 0 Å². The summed E-state index contributed by atoms with van der Waals surface area (Å²) in [7, 11) is 0. The molecule has 0 saturated heterocycles. The van der Waals surface area contributed by atoms with Gasteiger partial charge in [0.25, 0.3) is 0 Å². The predicted molar refractivity (Wildman–Crippen MR) is 112 cm³/mol. The van der Waals surface area contributed by atoms with Crippen molar-refractivity contribution in [3.8, 4) is 0 Å². The summed E-state index contributed by atoms with van der Waals surface area (Å²) in [6.07, 6.45) is 4.76. The molecule has 1 aromatic rings. The van der Waals surface area contributed by atoms with Gasteiger partial charge in [0.05, 0.1) is 5.69 Å². The van der Waals surface area contributed by atoms with E-state index in [1.54, 1.807) is 4.90 Å². The van der Waals surface area contributed by atoms with E-state index in [4.69, 9.17) is 11.5 Å². The lowest BCUT2D eigenvalue weighted by atomic mass is 10.1. The van der Waals surface area contributed by atoms with E-state index in [9.17, 15) is 4.79 Å². The van der Waals surface area contributed by atoms with Crippen molar-refractivity contribution in [2.45, 2.75) is 33.0 Å². The SMILES string of the molecule is CC(C)C1=CC2=CN(c3ccc(CNCCCN=C(N)N)cc3)C(=O)NC2N1. The molecule has 0 fully saturated rings. The minimum atomic E-state index is -0.136. The molecule has 3 rings (SSSR count). The Morgan fingerprint density at radius 3 is 2.68 bits per heavy atom. The van der Waals surface area contributed by atoms with Gasteiger partial charge >= 0.3 is 6.03 Å². The number of nitrogens with two attached hydrogens (primary N) is 2. The Bertz CT molecular complexity index is 791. The first kappa shape index (κ1) is 19.8. The number of nitrogens with one attached hydrogen (secondary N) is 3. The topological polar surface area (TPSA) is 121 Å². The van der Waals surface area contributed by atoms with Crippen molar-refractivity contribution < 1.29 is 4.79 Å². The number of fused-ring (bicyclic) bond motifs is 1. The highest BCUT2D eigenvalue weighted by Gasteiger charge is 2.31. The number of hydrogen-bond donors (Lipinski definition) is 5. The third-order valence-electron chi connectivity index (χ3n) is 4.70. The van der Waals surface area contributed by atoms with Crippen LogP contribution in [-0.4, -0.2) is 31.2 Å². The number of hydrogen-bond acceptors (Lipinski definition) is 4. The molecule has 8 nitrogen and oxygen atoms in total. The zero-order valence-corrected chi connectivity index (χ0v) is 16.4. The Kier molecular flexibility index (Phi) is 6.20. The maximum Gasteiger partial charge on any atom is 0.327 e. The minimum Gasteiger partial charge on any atom is -0.370 e. The molecule has 150 valence electrons. The Labute approximate surface area is 165 Å². The number of allylic oxidation sites excluding steroid dienone is 1. The second kappa shape index (κ2) is 8.79. The molecule has 1 aromatic carbocycles. The van der Waals surface area contributed by atoms with E-state index in [0.717, 1.165) is 42.0 Å². The smallest absolute Gasteiger partial charge is 0.327 e. The van der Waals surface area contributed by atoms with E-state index in [-0.39, 0.29) is 18.2 Å². The zero-order valence-electron chi connectivity index (χ0n) is 16.4. The number of benzene rings is 1. The summed E-state index contributed by atoms with van der Waals surface area (Å²) < 4.78 is 0. The van der Waals surface area contributed by atoms with E-state index < -0.39 is 0 Å². The fraction of sp³-hybridized carbons (Fsp3) is 0.400. The van der Waals surface area contributed by atoms with E-state index in [0.29, 0.717) is 12.5 Å². The largest absolute Gasteiger partial charge is 0.370 e. The van der Waals surface area contributed by atoms with Gasteiger partial charge in [0, 0.05) is 30.6 Å². The third-order valence-corrected chi connectivity index (χ3v) is 4.70. The Balaban J connectivity index is 1.57. The van der Waals surface area contributed by atoms with Crippen LogP contribution >= 0.6 is 0 Å². The lowest BCUT2D eigenvalue weighted by Crippen LogP contribution is -2.52. The molecule has 0 radical (unpaired) electrons. The molecule has 0 aliphatic carbocycles. The first-order valence-corrected chi connectivity index (χ1v) is 9.58. The highest BCUT2D eigenvalue weighted by atomic mass is 16.2. The molecule has 2 heterocycles. The summed E-state index contributed by atoms with van der Waals surface area (Å²) in [5, 5.41) is 9.71. The van der Waals surface area contributed by atoms with Gasteiger partial charge in [-0.3, -0.25) is 9.89 Å². The lowest BCUT2D eigenvalue weighted by Gasteiger charge is -2.29. The Morgan fingerprint density at radius 1 is 1.25 bits per heavy atom. The number of anilines is 1.